The van der Waals surface area contributed by atoms with Gasteiger partial charge in [-0.2, -0.15) is 0 Å². The molecule has 0 aromatic heterocycles. The van der Waals surface area contributed by atoms with E-state index < -0.39 is 18.5 Å². The van der Waals surface area contributed by atoms with E-state index in [9.17, 15) is 9.59 Å². The first kappa shape index (κ1) is 14.2. The van der Waals surface area contributed by atoms with E-state index in [0.29, 0.717) is 6.61 Å². The van der Waals surface area contributed by atoms with E-state index in [-0.39, 0.29) is 5.57 Å². The lowest BCUT2D eigenvalue weighted by atomic mass is 10.4. The lowest BCUT2D eigenvalue weighted by Gasteiger charge is -1.93. The van der Waals surface area contributed by atoms with Crippen LogP contribution in [0.2, 0.25) is 0 Å². The number of aliphatic hydroxyl groups is 1. The van der Waals surface area contributed by atoms with Gasteiger partial charge in [-0.05, 0) is 13.8 Å². The minimum absolute atomic E-state index is 0.176. The fourth-order valence-corrected chi connectivity index (χ4v) is 0.207. The van der Waals surface area contributed by atoms with Crippen molar-refractivity contribution in [1.82, 2.24) is 0 Å². The maximum Gasteiger partial charge on any atom is 0.331 e. The fourth-order valence-electron chi connectivity index (χ4n) is 0.207. The van der Waals surface area contributed by atoms with Gasteiger partial charge in [-0.15, -0.1) is 0 Å². The summed E-state index contributed by atoms with van der Waals surface area (Å²) in [6.07, 6.45) is 0. The number of rotatable bonds is 3. The van der Waals surface area contributed by atoms with E-state index in [1.807, 2.05) is 0 Å². The van der Waals surface area contributed by atoms with E-state index in [4.69, 9.17) is 10.2 Å². The van der Waals surface area contributed by atoms with Gasteiger partial charge in [0.05, 0.1) is 6.61 Å². The summed E-state index contributed by atoms with van der Waals surface area (Å²) in [5, 5.41) is 15.9. The number of hydrogen-bond acceptors (Lipinski definition) is 4. The van der Waals surface area contributed by atoms with Crippen molar-refractivity contribution >= 4 is 11.9 Å². The lowest BCUT2D eigenvalue weighted by molar-refractivity contribution is -0.146. The molecular weight excluding hydrogens is 176 g/mol. The highest BCUT2D eigenvalue weighted by atomic mass is 16.5. The van der Waals surface area contributed by atoms with Crippen molar-refractivity contribution in [1.29, 1.82) is 0 Å². The molecule has 0 aromatic carbocycles. The van der Waals surface area contributed by atoms with Crippen LogP contribution < -0.4 is 0 Å². The molecule has 0 unspecified atom stereocenters. The third kappa shape index (κ3) is 13.6. The Balaban J connectivity index is 0. The van der Waals surface area contributed by atoms with E-state index in [0.717, 1.165) is 0 Å². The number of aliphatic hydroxyl groups excluding tert-OH is 1. The summed E-state index contributed by atoms with van der Waals surface area (Å²) in [5.74, 6) is -1.50. The van der Waals surface area contributed by atoms with Crippen molar-refractivity contribution in [3.8, 4) is 0 Å². The quantitative estimate of drug-likeness (QED) is 0.490. The molecule has 0 rings (SSSR count). The Labute approximate surface area is 76.6 Å². The Morgan fingerprint density at radius 1 is 1.46 bits per heavy atom. The highest BCUT2D eigenvalue weighted by Gasteiger charge is 1.92. The Kier molecular flexibility index (Phi) is 9.53. The summed E-state index contributed by atoms with van der Waals surface area (Å²) in [6.45, 7) is 6.10. The Morgan fingerprint density at radius 3 is 1.92 bits per heavy atom. The summed E-state index contributed by atoms with van der Waals surface area (Å²) < 4.78 is 4.30. The van der Waals surface area contributed by atoms with Gasteiger partial charge in [0, 0.05) is 5.57 Å². The van der Waals surface area contributed by atoms with E-state index in [1.165, 1.54) is 6.92 Å². The van der Waals surface area contributed by atoms with Crippen molar-refractivity contribution in [2.75, 3.05) is 13.2 Å². The number of hydrogen-bond donors (Lipinski definition) is 2. The summed E-state index contributed by atoms with van der Waals surface area (Å²) >= 11 is 0. The van der Waals surface area contributed by atoms with E-state index in [1.54, 1.807) is 6.92 Å². The normalized spacial score (nSPS) is 7.92. The highest BCUT2D eigenvalue weighted by Crippen LogP contribution is 1.81. The molecule has 2 N–H and O–H groups in total. The molecule has 0 saturated carbocycles. The molecule has 5 nitrogen and oxygen atoms in total. The molecule has 76 valence electrons. The van der Waals surface area contributed by atoms with Gasteiger partial charge >= 0.3 is 11.9 Å². The molecule has 5 heteroatoms. The lowest BCUT2D eigenvalue weighted by Crippen LogP contribution is -2.07. The Morgan fingerprint density at radius 2 is 1.85 bits per heavy atom. The standard InChI is InChI=1S/C4H8O3.C4H6O2/c1-2-7-4(6)3-5;1-3(2)4(5)6/h5H,2-3H2,1H3;1H2,2H3,(H,5,6). The number of ether oxygens (including phenoxy) is 1. The molecule has 0 aromatic rings. The second-order valence-corrected chi connectivity index (χ2v) is 2.05. The largest absolute Gasteiger partial charge is 0.478 e. The SMILES string of the molecule is C=C(C)C(=O)O.CCOC(=O)CO. The topological polar surface area (TPSA) is 83.8 Å². The van der Waals surface area contributed by atoms with Crippen molar-refractivity contribution < 1.29 is 24.5 Å². The van der Waals surface area contributed by atoms with Gasteiger partial charge in [-0.1, -0.05) is 6.58 Å². The zero-order valence-electron chi connectivity index (χ0n) is 7.74. The predicted octanol–water partition coefficient (Wildman–Crippen LogP) is 0.189. The molecule has 0 spiro atoms. The Bertz CT molecular complexity index is 173. The van der Waals surface area contributed by atoms with Gasteiger partial charge in [-0.3, -0.25) is 0 Å². The molecule has 0 bridgehead atoms. The smallest absolute Gasteiger partial charge is 0.331 e. The van der Waals surface area contributed by atoms with E-state index in [2.05, 4.69) is 11.3 Å². The van der Waals surface area contributed by atoms with Crippen LogP contribution in [0.25, 0.3) is 0 Å². The summed E-state index contributed by atoms with van der Waals surface area (Å²) in [4.78, 5) is 19.5. The van der Waals surface area contributed by atoms with Crippen molar-refractivity contribution in [2.24, 2.45) is 0 Å². The molecule has 0 amide bonds. The maximum absolute atomic E-state index is 9.94. The molecule has 0 aliphatic rings. The third-order valence-electron chi connectivity index (χ3n) is 0.800. The third-order valence-corrected chi connectivity index (χ3v) is 0.800. The summed E-state index contributed by atoms with van der Waals surface area (Å²) in [6, 6.07) is 0. The molecule has 0 aliphatic heterocycles. The zero-order valence-corrected chi connectivity index (χ0v) is 7.74. The molecule has 0 heterocycles. The first-order valence-corrected chi connectivity index (χ1v) is 3.61. The van der Waals surface area contributed by atoms with Gasteiger partial charge in [0.2, 0.25) is 0 Å². The maximum atomic E-state index is 9.94. The van der Waals surface area contributed by atoms with Crippen LogP contribution in [0.3, 0.4) is 0 Å². The number of esters is 1. The van der Waals surface area contributed by atoms with Gasteiger partial charge in [0.1, 0.15) is 6.61 Å². The Hall–Kier alpha value is -1.36. The fraction of sp³-hybridized carbons (Fsp3) is 0.500. The molecule has 0 atom stereocenters. The zero-order chi connectivity index (χ0) is 10.9. The monoisotopic (exact) mass is 190 g/mol. The first-order valence-electron chi connectivity index (χ1n) is 3.61. The molecule has 0 aliphatic carbocycles. The van der Waals surface area contributed by atoms with Crippen LogP contribution in [0, 0.1) is 0 Å². The minimum Gasteiger partial charge on any atom is -0.478 e. The van der Waals surface area contributed by atoms with Crippen molar-refractivity contribution in [3.63, 3.8) is 0 Å². The molecule has 13 heavy (non-hydrogen) atoms. The molecule has 0 fully saturated rings. The number of aliphatic carboxylic acids is 1. The van der Waals surface area contributed by atoms with Gasteiger partial charge in [0.15, 0.2) is 0 Å². The van der Waals surface area contributed by atoms with Crippen LogP contribution in [-0.2, 0) is 14.3 Å². The van der Waals surface area contributed by atoms with Crippen LogP contribution in [-0.4, -0.2) is 35.4 Å². The molecule has 0 saturated heterocycles. The van der Waals surface area contributed by atoms with Crippen LogP contribution in [0.5, 0.6) is 0 Å². The average molecular weight is 190 g/mol. The second-order valence-electron chi connectivity index (χ2n) is 2.05. The van der Waals surface area contributed by atoms with Gasteiger partial charge < -0.3 is 14.9 Å². The highest BCUT2D eigenvalue weighted by molar-refractivity contribution is 5.84. The summed E-state index contributed by atoms with van der Waals surface area (Å²) in [5.41, 5.74) is 0.176. The summed E-state index contributed by atoms with van der Waals surface area (Å²) in [7, 11) is 0. The molecule has 0 radical (unpaired) electrons. The van der Waals surface area contributed by atoms with Crippen molar-refractivity contribution in [3.05, 3.63) is 12.2 Å². The van der Waals surface area contributed by atoms with Crippen molar-refractivity contribution in [2.45, 2.75) is 13.8 Å². The van der Waals surface area contributed by atoms with Gasteiger partial charge in [-0.25, -0.2) is 9.59 Å². The number of carboxylic acids is 1. The van der Waals surface area contributed by atoms with Crippen LogP contribution in [0.4, 0.5) is 0 Å². The number of carboxylic acid groups (broad SMARTS) is 1. The number of carbonyl (C=O) groups is 2. The van der Waals surface area contributed by atoms with Crippen LogP contribution in [0.1, 0.15) is 13.8 Å². The molecular formula is C8H14O5. The first-order chi connectivity index (χ1) is 5.95. The van der Waals surface area contributed by atoms with E-state index >= 15 is 0 Å². The predicted molar refractivity (Wildman–Crippen MR) is 46.2 cm³/mol. The average Bonchev–Trinajstić information content (AvgIpc) is 2.05. The van der Waals surface area contributed by atoms with Gasteiger partial charge in [0.25, 0.3) is 0 Å². The van der Waals surface area contributed by atoms with Crippen LogP contribution in [0.15, 0.2) is 12.2 Å². The number of carbonyl (C=O) groups excluding carboxylic acids is 1. The van der Waals surface area contributed by atoms with Crippen LogP contribution >= 0.6 is 0 Å². The second kappa shape index (κ2) is 8.73. The minimum atomic E-state index is -0.935.